The molecular weight excluding hydrogens is 424 g/mol. The van der Waals surface area contributed by atoms with Crippen LogP contribution in [0.5, 0.6) is 11.5 Å². The number of hydrazone groups is 1. The molecule has 3 rings (SSSR count). The first-order chi connectivity index (χ1) is 15.4. The summed E-state index contributed by atoms with van der Waals surface area (Å²) < 4.78 is 1.54. The number of aromatic hydroxyl groups is 2. The Hall–Kier alpha value is -4.14. The van der Waals surface area contributed by atoms with E-state index in [4.69, 9.17) is 5.11 Å². The molecular formula is C24H26N4O5. The van der Waals surface area contributed by atoms with Crippen molar-refractivity contribution < 1.29 is 24.9 Å². The van der Waals surface area contributed by atoms with Gasteiger partial charge in [-0.15, -0.1) is 0 Å². The van der Waals surface area contributed by atoms with E-state index in [1.807, 2.05) is 24.3 Å². The molecule has 1 amide bonds. The average Bonchev–Trinajstić information content (AvgIpc) is 3.04. The van der Waals surface area contributed by atoms with E-state index in [2.05, 4.69) is 36.4 Å². The first-order valence-corrected chi connectivity index (χ1v) is 10.2. The van der Waals surface area contributed by atoms with Gasteiger partial charge in [0.25, 0.3) is 5.91 Å². The summed E-state index contributed by atoms with van der Waals surface area (Å²) in [5.41, 5.74) is 4.97. The number of phenols is 1. The number of rotatable bonds is 5. The molecule has 0 spiro atoms. The third-order valence-corrected chi connectivity index (χ3v) is 5.20. The van der Waals surface area contributed by atoms with E-state index in [9.17, 15) is 19.8 Å². The van der Waals surface area contributed by atoms with Gasteiger partial charge in [-0.2, -0.15) is 10.2 Å². The molecule has 1 aromatic heterocycles. The maximum Gasteiger partial charge on any atom is 0.339 e. The van der Waals surface area contributed by atoms with Gasteiger partial charge in [-0.25, -0.2) is 10.2 Å². The lowest BCUT2D eigenvalue weighted by atomic mass is 9.86. The Labute approximate surface area is 191 Å². The van der Waals surface area contributed by atoms with Crippen LogP contribution in [0.3, 0.4) is 0 Å². The zero-order chi connectivity index (χ0) is 24.5. The number of carbonyl (C=O) groups excluding carboxylic acids is 1. The normalized spacial score (nSPS) is 12.0. The minimum Gasteiger partial charge on any atom is -0.507 e. The van der Waals surface area contributed by atoms with E-state index >= 15 is 0 Å². The summed E-state index contributed by atoms with van der Waals surface area (Å²) in [5, 5.41) is 37.9. The molecule has 0 fully saturated rings. The lowest BCUT2D eigenvalue weighted by Crippen LogP contribution is -2.19. The van der Waals surface area contributed by atoms with Gasteiger partial charge in [0, 0.05) is 18.2 Å². The van der Waals surface area contributed by atoms with Gasteiger partial charge in [0.1, 0.15) is 17.0 Å². The van der Waals surface area contributed by atoms with Crippen molar-refractivity contribution in [3.63, 3.8) is 0 Å². The Morgan fingerprint density at radius 2 is 1.70 bits per heavy atom. The number of aromatic carboxylic acids is 1. The fourth-order valence-corrected chi connectivity index (χ4v) is 3.31. The standard InChI is InChI=1S/C24H26N4O5/c1-13(25-26-22(31)15-8-11-17(23(32)33)18(29)12-15)19-21(30)20(28(5)27-19)14-6-9-16(10-7-14)24(2,3)4/h6-12,29-30H,1-5H3,(H,26,31)(H,32,33)/b25-13+. The number of carbonyl (C=O) groups is 2. The van der Waals surface area contributed by atoms with Crippen molar-refractivity contribution in [3.05, 3.63) is 64.8 Å². The Balaban J connectivity index is 1.83. The summed E-state index contributed by atoms with van der Waals surface area (Å²) in [7, 11) is 1.70. The molecule has 33 heavy (non-hydrogen) atoms. The summed E-state index contributed by atoms with van der Waals surface area (Å²) >= 11 is 0. The van der Waals surface area contributed by atoms with Crippen molar-refractivity contribution in [2.45, 2.75) is 33.1 Å². The number of aryl methyl sites for hydroxylation is 1. The second-order valence-electron chi connectivity index (χ2n) is 8.67. The third-order valence-electron chi connectivity index (χ3n) is 5.20. The fraction of sp³-hybridized carbons (Fsp3) is 0.250. The van der Waals surface area contributed by atoms with Crippen molar-refractivity contribution in [2.24, 2.45) is 12.1 Å². The molecule has 9 nitrogen and oxygen atoms in total. The highest BCUT2D eigenvalue weighted by Gasteiger charge is 2.21. The predicted octanol–water partition coefficient (Wildman–Crippen LogP) is 3.65. The van der Waals surface area contributed by atoms with Crippen molar-refractivity contribution in [1.82, 2.24) is 15.2 Å². The van der Waals surface area contributed by atoms with Crippen molar-refractivity contribution in [2.75, 3.05) is 0 Å². The summed E-state index contributed by atoms with van der Waals surface area (Å²) in [4.78, 5) is 23.3. The van der Waals surface area contributed by atoms with Gasteiger partial charge in [-0.1, -0.05) is 45.0 Å². The molecule has 0 atom stereocenters. The van der Waals surface area contributed by atoms with Crippen molar-refractivity contribution in [3.8, 4) is 22.8 Å². The van der Waals surface area contributed by atoms with E-state index in [1.54, 1.807) is 18.7 Å². The molecule has 0 aliphatic carbocycles. The Morgan fingerprint density at radius 1 is 1.06 bits per heavy atom. The molecule has 2 aromatic carbocycles. The Bertz CT molecular complexity index is 1250. The summed E-state index contributed by atoms with van der Waals surface area (Å²) in [6.07, 6.45) is 0. The molecule has 0 radical (unpaired) electrons. The first-order valence-electron chi connectivity index (χ1n) is 10.2. The largest absolute Gasteiger partial charge is 0.507 e. The quantitative estimate of drug-likeness (QED) is 0.346. The van der Waals surface area contributed by atoms with E-state index in [0.29, 0.717) is 5.69 Å². The molecule has 0 aliphatic rings. The summed E-state index contributed by atoms with van der Waals surface area (Å²) in [6.45, 7) is 7.95. The number of nitrogens with one attached hydrogen (secondary N) is 1. The zero-order valence-electron chi connectivity index (χ0n) is 19.0. The zero-order valence-corrected chi connectivity index (χ0v) is 19.0. The lowest BCUT2D eigenvalue weighted by molar-refractivity contribution is 0.0693. The Morgan fingerprint density at radius 3 is 2.24 bits per heavy atom. The third kappa shape index (κ3) is 4.87. The van der Waals surface area contributed by atoms with E-state index in [0.717, 1.165) is 23.3 Å². The molecule has 9 heteroatoms. The fourth-order valence-electron chi connectivity index (χ4n) is 3.31. The second kappa shape index (κ2) is 8.78. The molecule has 3 aromatic rings. The van der Waals surface area contributed by atoms with Crippen LogP contribution < -0.4 is 5.43 Å². The minimum atomic E-state index is -1.30. The van der Waals surface area contributed by atoms with Crippen molar-refractivity contribution in [1.29, 1.82) is 0 Å². The predicted molar refractivity (Wildman–Crippen MR) is 124 cm³/mol. The van der Waals surface area contributed by atoms with Gasteiger partial charge < -0.3 is 15.3 Å². The van der Waals surface area contributed by atoms with Crippen LogP contribution in [0.1, 0.15) is 59.7 Å². The van der Waals surface area contributed by atoms with Gasteiger partial charge >= 0.3 is 5.97 Å². The smallest absolute Gasteiger partial charge is 0.339 e. The average molecular weight is 450 g/mol. The number of carboxylic acids is 1. The van der Waals surface area contributed by atoms with Gasteiger partial charge in [-0.05, 0) is 36.1 Å². The van der Waals surface area contributed by atoms with Gasteiger partial charge in [0.05, 0.1) is 5.71 Å². The summed E-state index contributed by atoms with van der Waals surface area (Å²) in [6, 6.07) is 11.3. The number of nitrogens with zero attached hydrogens (tertiary/aromatic N) is 3. The van der Waals surface area contributed by atoms with E-state index < -0.39 is 17.6 Å². The molecule has 172 valence electrons. The number of benzene rings is 2. The van der Waals surface area contributed by atoms with Gasteiger partial charge in [-0.3, -0.25) is 9.48 Å². The highest BCUT2D eigenvalue weighted by atomic mass is 16.4. The monoisotopic (exact) mass is 450 g/mol. The van der Waals surface area contributed by atoms with Crippen LogP contribution in [0.25, 0.3) is 11.3 Å². The van der Waals surface area contributed by atoms with Crippen LogP contribution >= 0.6 is 0 Å². The number of carboxylic acid groups (broad SMARTS) is 1. The van der Waals surface area contributed by atoms with Crippen LogP contribution in [0.15, 0.2) is 47.6 Å². The lowest BCUT2D eigenvalue weighted by Gasteiger charge is -2.19. The topological polar surface area (TPSA) is 137 Å². The highest BCUT2D eigenvalue weighted by molar-refractivity contribution is 6.03. The number of aromatic nitrogens is 2. The SMILES string of the molecule is C/C(=N\NC(=O)c1ccc(C(=O)O)c(O)c1)c1nn(C)c(-c2ccc(C(C)(C)C)cc2)c1O. The van der Waals surface area contributed by atoms with Gasteiger partial charge in [0.2, 0.25) is 0 Å². The second-order valence-corrected chi connectivity index (χ2v) is 8.67. The molecule has 0 bridgehead atoms. The summed E-state index contributed by atoms with van der Waals surface area (Å²) in [5.74, 6) is -2.56. The van der Waals surface area contributed by atoms with E-state index in [1.165, 1.54) is 6.07 Å². The maximum atomic E-state index is 12.3. The first kappa shape index (κ1) is 23.5. The molecule has 0 saturated heterocycles. The molecule has 0 unspecified atom stereocenters. The van der Waals surface area contributed by atoms with Crippen LogP contribution in [0.2, 0.25) is 0 Å². The van der Waals surface area contributed by atoms with Crippen LogP contribution in [0.4, 0.5) is 0 Å². The van der Waals surface area contributed by atoms with Crippen LogP contribution in [0, 0.1) is 0 Å². The maximum absolute atomic E-state index is 12.3. The Kier molecular flexibility index (Phi) is 6.25. The number of hydrogen-bond acceptors (Lipinski definition) is 6. The molecule has 1 heterocycles. The van der Waals surface area contributed by atoms with E-state index in [-0.39, 0.29) is 33.7 Å². The molecule has 0 saturated carbocycles. The van der Waals surface area contributed by atoms with Crippen LogP contribution in [-0.4, -0.2) is 42.7 Å². The van der Waals surface area contributed by atoms with Crippen molar-refractivity contribution >= 4 is 17.6 Å². The number of hydrogen-bond donors (Lipinski definition) is 4. The highest BCUT2D eigenvalue weighted by Crippen LogP contribution is 2.33. The number of amides is 1. The molecule has 4 N–H and O–H groups in total. The van der Waals surface area contributed by atoms with Crippen LogP contribution in [-0.2, 0) is 12.5 Å². The molecule has 0 aliphatic heterocycles. The van der Waals surface area contributed by atoms with Gasteiger partial charge in [0.15, 0.2) is 11.4 Å². The minimum absolute atomic E-state index is 0.00435.